The molecular weight excluding hydrogens is 268 g/mol. The highest BCUT2D eigenvalue weighted by molar-refractivity contribution is 9.09. The number of nitriles is 1. The standard InChI is InChI=1S/C12H11BrN2O/c1-7(2)11(13)12-15-9-5-8(6-14)3-4-10(9)16-12/h3-5,7,11H,1-2H3. The van der Waals surface area contributed by atoms with Crippen molar-refractivity contribution in [3.63, 3.8) is 0 Å². The molecule has 0 aliphatic carbocycles. The molecule has 16 heavy (non-hydrogen) atoms. The second kappa shape index (κ2) is 4.26. The molecule has 2 rings (SSSR count). The molecule has 1 heterocycles. The second-order valence-electron chi connectivity index (χ2n) is 3.99. The van der Waals surface area contributed by atoms with Gasteiger partial charge in [0, 0.05) is 0 Å². The maximum Gasteiger partial charge on any atom is 0.209 e. The van der Waals surface area contributed by atoms with E-state index >= 15 is 0 Å². The van der Waals surface area contributed by atoms with Crippen LogP contribution in [0, 0.1) is 17.2 Å². The zero-order valence-corrected chi connectivity index (χ0v) is 10.7. The normalized spacial score (nSPS) is 12.9. The van der Waals surface area contributed by atoms with E-state index in [1.807, 2.05) is 0 Å². The Labute approximate surface area is 102 Å². The van der Waals surface area contributed by atoms with E-state index in [0.29, 0.717) is 17.4 Å². The van der Waals surface area contributed by atoms with E-state index in [1.165, 1.54) is 0 Å². The molecule has 0 saturated heterocycles. The Morgan fingerprint density at radius 1 is 1.44 bits per heavy atom. The van der Waals surface area contributed by atoms with E-state index in [1.54, 1.807) is 18.2 Å². The molecular formula is C12H11BrN2O. The first-order chi connectivity index (χ1) is 7.61. The fourth-order valence-electron chi connectivity index (χ4n) is 1.42. The Bertz CT molecular complexity index is 554. The lowest BCUT2D eigenvalue weighted by molar-refractivity contribution is 0.479. The number of nitrogens with zero attached hydrogens (tertiary/aromatic N) is 2. The Balaban J connectivity index is 2.48. The number of rotatable bonds is 2. The van der Waals surface area contributed by atoms with Crippen molar-refractivity contribution in [2.75, 3.05) is 0 Å². The van der Waals surface area contributed by atoms with Crippen LogP contribution in [0.4, 0.5) is 0 Å². The number of halogens is 1. The average molecular weight is 279 g/mol. The largest absolute Gasteiger partial charge is 0.439 e. The molecule has 0 spiro atoms. The van der Waals surface area contributed by atoms with Crippen molar-refractivity contribution in [1.82, 2.24) is 4.98 Å². The second-order valence-corrected chi connectivity index (χ2v) is 4.98. The third-order valence-corrected chi connectivity index (χ3v) is 3.80. The summed E-state index contributed by atoms with van der Waals surface area (Å²) in [6.45, 7) is 4.18. The molecule has 0 amide bonds. The van der Waals surface area contributed by atoms with Crippen molar-refractivity contribution in [3.05, 3.63) is 29.7 Å². The summed E-state index contributed by atoms with van der Waals surface area (Å²) < 4.78 is 5.62. The van der Waals surface area contributed by atoms with Crippen LogP contribution in [0.25, 0.3) is 11.1 Å². The predicted octanol–water partition coefficient (Wildman–Crippen LogP) is 3.79. The third kappa shape index (κ3) is 1.96. The van der Waals surface area contributed by atoms with Crippen molar-refractivity contribution in [2.24, 2.45) is 5.92 Å². The van der Waals surface area contributed by atoms with Crippen molar-refractivity contribution in [2.45, 2.75) is 18.7 Å². The van der Waals surface area contributed by atoms with Gasteiger partial charge in [-0.3, -0.25) is 0 Å². The minimum Gasteiger partial charge on any atom is -0.439 e. The number of alkyl halides is 1. The highest BCUT2D eigenvalue weighted by Crippen LogP contribution is 2.32. The van der Waals surface area contributed by atoms with Crippen LogP contribution in [0.15, 0.2) is 22.6 Å². The average Bonchev–Trinajstić information content (AvgIpc) is 2.69. The summed E-state index contributed by atoms with van der Waals surface area (Å²) in [4.78, 5) is 4.48. The molecule has 1 aromatic carbocycles. The fourth-order valence-corrected chi connectivity index (χ4v) is 1.61. The molecule has 0 radical (unpaired) electrons. The van der Waals surface area contributed by atoms with Gasteiger partial charge in [0.25, 0.3) is 0 Å². The summed E-state index contributed by atoms with van der Waals surface area (Å²) in [5.41, 5.74) is 2.06. The highest BCUT2D eigenvalue weighted by atomic mass is 79.9. The fraction of sp³-hybridized carbons (Fsp3) is 0.333. The molecule has 4 heteroatoms. The van der Waals surface area contributed by atoms with Gasteiger partial charge in [0.15, 0.2) is 5.58 Å². The van der Waals surface area contributed by atoms with Crippen molar-refractivity contribution < 1.29 is 4.42 Å². The van der Waals surface area contributed by atoms with Gasteiger partial charge in [0.1, 0.15) is 5.52 Å². The molecule has 0 aliphatic heterocycles. The summed E-state index contributed by atoms with van der Waals surface area (Å²) in [6, 6.07) is 7.34. The van der Waals surface area contributed by atoms with Crippen LogP contribution in [0.5, 0.6) is 0 Å². The summed E-state index contributed by atoms with van der Waals surface area (Å²) in [7, 11) is 0. The first-order valence-corrected chi connectivity index (χ1v) is 5.98. The van der Waals surface area contributed by atoms with Gasteiger partial charge < -0.3 is 4.42 Å². The van der Waals surface area contributed by atoms with Gasteiger partial charge in [0.05, 0.1) is 16.5 Å². The van der Waals surface area contributed by atoms with Gasteiger partial charge in [-0.15, -0.1) is 0 Å². The maximum atomic E-state index is 8.78. The van der Waals surface area contributed by atoms with Gasteiger partial charge in [-0.1, -0.05) is 29.8 Å². The molecule has 0 bridgehead atoms. The van der Waals surface area contributed by atoms with E-state index in [2.05, 4.69) is 40.8 Å². The van der Waals surface area contributed by atoms with Crippen LogP contribution in [0.1, 0.15) is 30.1 Å². The summed E-state index contributed by atoms with van der Waals surface area (Å²) in [5, 5.41) is 8.78. The number of hydrogen-bond donors (Lipinski definition) is 0. The van der Waals surface area contributed by atoms with Crippen LogP contribution < -0.4 is 0 Å². The van der Waals surface area contributed by atoms with E-state index in [4.69, 9.17) is 9.68 Å². The monoisotopic (exact) mass is 278 g/mol. The van der Waals surface area contributed by atoms with Crippen LogP contribution >= 0.6 is 15.9 Å². The molecule has 1 aromatic heterocycles. The molecule has 82 valence electrons. The van der Waals surface area contributed by atoms with Crippen molar-refractivity contribution in [3.8, 4) is 6.07 Å². The van der Waals surface area contributed by atoms with Gasteiger partial charge in [-0.05, 0) is 24.1 Å². The predicted molar refractivity (Wildman–Crippen MR) is 65.2 cm³/mol. The van der Waals surface area contributed by atoms with Crippen LogP contribution in [-0.4, -0.2) is 4.98 Å². The number of benzene rings is 1. The lowest BCUT2D eigenvalue weighted by atomic mass is 10.1. The van der Waals surface area contributed by atoms with Crippen LogP contribution in [0.2, 0.25) is 0 Å². The van der Waals surface area contributed by atoms with Crippen molar-refractivity contribution >= 4 is 27.0 Å². The molecule has 1 unspecified atom stereocenters. The first kappa shape index (κ1) is 11.2. The first-order valence-electron chi connectivity index (χ1n) is 5.06. The van der Waals surface area contributed by atoms with E-state index < -0.39 is 0 Å². The SMILES string of the molecule is CC(C)C(Br)c1nc2cc(C#N)ccc2o1. The van der Waals surface area contributed by atoms with Gasteiger partial charge >= 0.3 is 0 Å². The molecule has 1 atom stereocenters. The molecule has 0 N–H and O–H groups in total. The number of hydrogen-bond acceptors (Lipinski definition) is 3. The third-order valence-electron chi connectivity index (χ3n) is 2.35. The van der Waals surface area contributed by atoms with E-state index in [9.17, 15) is 0 Å². The minimum atomic E-state index is 0.102. The summed E-state index contributed by atoms with van der Waals surface area (Å²) in [6.07, 6.45) is 0. The van der Waals surface area contributed by atoms with Crippen molar-refractivity contribution in [1.29, 1.82) is 5.26 Å². The quantitative estimate of drug-likeness (QED) is 0.786. The number of aromatic nitrogens is 1. The zero-order valence-electron chi connectivity index (χ0n) is 9.07. The van der Waals surface area contributed by atoms with Gasteiger partial charge in [-0.25, -0.2) is 4.98 Å². The maximum absolute atomic E-state index is 8.78. The van der Waals surface area contributed by atoms with E-state index in [0.717, 1.165) is 11.1 Å². The van der Waals surface area contributed by atoms with Crippen LogP contribution in [-0.2, 0) is 0 Å². The smallest absolute Gasteiger partial charge is 0.209 e. The lowest BCUT2D eigenvalue weighted by Crippen LogP contribution is -1.98. The molecule has 0 fully saturated rings. The molecule has 0 aliphatic rings. The summed E-state index contributed by atoms with van der Waals surface area (Å²) >= 11 is 3.54. The lowest BCUT2D eigenvalue weighted by Gasteiger charge is -2.07. The summed E-state index contributed by atoms with van der Waals surface area (Å²) in [5.74, 6) is 1.07. The highest BCUT2D eigenvalue weighted by Gasteiger charge is 2.18. The zero-order chi connectivity index (χ0) is 11.7. The Morgan fingerprint density at radius 2 is 2.19 bits per heavy atom. The molecule has 0 saturated carbocycles. The Kier molecular flexibility index (Phi) is 2.97. The molecule has 3 nitrogen and oxygen atoms in total. The Morgan fingerprint density at radius 3 is 2.81 bits per heavy atom. The van der Waals surface area contributed by atoms with Gasteiger partial charge in [-0.2, -0.15) is 5.26 Å². The van der Waals surface area contributed by atoms with Crippen LogP contribution in [0.3, 0.4) is 0 Å². The number of oxazole rings is 1. The topological polar surface area (TPSA) is 49.8 Å². The minimum absolute atomic E-state index is 0.102. The Hall–Kier alpha value is -1.34. The number of fused-ring (bicyclic) bond motifs is 1. The van der Waals surface area contributed by atoms with E-state index in [-0.39, 0.29) is 4.83 Å². The van der Waals surface area contributed by atoms with Gasteiger partial charge in [0.2, 0.25) is 5.89 Å². The molecule has 2 aromatic rings.